The molecule has 0 radical (unpaired) electrons. The van der Waals surface area contributed by atoms with E-state index in [9.17, 15) is 13.6 Å². The number of hydrogen-bond acceptors (Lipinski definition) is 3. The number of hydrogen-bond donors (Lipinski definition) is 1. The van der Waals surface area contributed by atoms with Crippen LogP contribution in [0, 0.1) is 0 Å². The quantitative estimate of drug-likeness (QED) is 0.805. The molecule has 0 aromatic carbocycles. The van der Waals surface area contributed by atoms with Crippen molar-refractivity contribution in [3.8, 4) is 0 Å². The van der Waals surface area contributed by atoms with Crippen LogP contribution in [0.15, 0.2) is 0 Å². The molecule has 0 aromatic heterocycles. The van der Waals surface area contributed by atoms with Gasteiger partial charge in [-0.05, 0) is 13.0 Å². The smallest absolute Gasteiger partial charge is 0.275 e. The monoisotopic (exact) mass is 261 g/mol. The Morgan fingerprint density at radius 2 is 2.11 bits per heavy atom. The van der Waals surface area contributed by atoms with Gasteiger partial charge in [0.25, 0.3) is 5.92 Å². The molecule has 0 aliphatic carbocycles. The second-order valence-electron chi connectivity index (χ2n) is 5.29. The number of nitrogens with zero attached hydrogens (tertiary/aromatic N) is 2. The predicted molar refractivity (Wildman–Crippen MR) is 64.6 cm³/mol. The van der Waals surface area contributed by atoms with Crippen LogP contribution in [0.5, 0.6) is 0 Å². The van der Waals surface area contributed by atoms with Crippen molar-refractivity contribution in [1.29, 1.82) is 0 Å². The van der Waals surface area contributed by atoms with Crippen LogP contribution in [0.25, 0.3) is 0 Å². The van der Waals surface area contributed by atoms with Crippen LogP contribution in [0.2, 0.25) is 0 Å². The van der Waals surface area contributed by atoms with Gasteiger partial charge in [-0.2, -0.15) is 0 Å². The summed E-state index contributed by atoms with van der Waals surface area (Å²) in [6.07, 6.45) is 0.508. The van der Waals surface area contributed by atoms with Crippen LogP contribution in [-0.2, 0) is 4.79 Å². The number of amides is 1. The molecule has 2 fully saturated rings. The summed E-state index contributed by atoms with van der Waals surface area (Å²) in [5.41, 5.74) is 0. The van der Waals surface area contributed by atoms with Crippen molar-refractivity contribution in [2.24, 2.45) is 0 Å². The molecular formula is C12H21F2N3O. The minimum absolute atomic E-state index is 0.0440. The van der Waals surface area contributed by atoms with E-state index in [1.807, 2.05) is 6.92 Å². The van der Waals surface area contributed by atoms with E-state index in [4.69, 9.17) is 0 Å². The van der Waals surface area contributed by atoms with Gasteiger partial charge in [0, 0.05) is 26.6 Å². The van der Waals surface area contributed by atoms with E-state index in [-0.39, 0.29) is 18.5 Å². The van der Waals surface area contributed by atoms with E-state index in [2.05, 4.69) is 5.32 Å². The Balaban J connectivity index is 1.86. The Bertz CT molecular complexity index is 318. The maximum Gasteiger partial charge on any atom is 0.275 e. The van der Waals surface area contributed by atoms with Crippen molar-refractivity contribution in [3.63, 3.8) is 0 Å². The lowest BCUT2D eigenvalue weighted by molar-refractivity contribution is -0.145. The Labute approximate surface area is 106 Å². The van der Waals surface area contributed by atoms with Crippen molar-refractivity contribution in [2.45, 2.75) is 38.3 Å². The number of alkyl halides is 2. The normalized spacial score (nSPS) is 29.9. The second-order valence-corrected chi connectivity index (χ2v) is 5.29. The number of rotatable bonds is 3. The third-order valence-electron chi connectivity index (χ3n) is 3.85. The van der Waals surface area contributed by atoms with Crippen molar-refractivity contribution in [1.82, 2.24) is 15.1 Å². The molecule has 2 rings (SSSR count). The first kappa shape index (κ1) is 13.7. The van der Waals surface area contributed by atoms with Gasteiger partial charge in [-0.3, -0.25) is 14.6 Å². The molecule has 104 valence electrons. The number of carbonyl (C=O) groups excluding carboxylic acids is 1. The van der Waals surface area contributed by atoms with E-state index in [1.165, 1.54) is 6.92 Å². The molecule has 18 heavy (non-hydrogen) atoms. The summed E-state index contributed by atoms with van der Waals surface area (Å²) in [6.45, 7) is 5.73. The maximum atomic E-state index is 14.0. The molecule has 2 heterocycles. The molecular weight excluding hydrogens is 240 g/mol. The summed E-state index contributed by atoms with van der Waals surface area (Å²) >= 11 is 0. The molecule has 1 unspecified atom stereocenters. The lowest BCUT2D eigenvalue weighted by Gasteiger charge is -2.49. The molecule has 2 aliphatic heterocycles. The van der Waals surface area contributed by atoms with Gasteiger partial charge in [0.15, 0.2) is 0 Å². The van der Waals surface area contributed by atoms with E-state index in [0.717, 1.165) is 6.54 Å². The van der Waals surface area contributed by atoms with E-state index < -0.39 is 12.0 Å². The van der Waals surface area contributed by atoms with Crippen LogP contribution in [0.4, 0.5) is 8.78 Å². The largest absolute Gasteiger partial charge is 0.351 e. The van der Waals surface area contributed by atoms with Gasteiger partial charge in [0.05, 0.1) is 18.6 Å². The minimum atomic E-state index is -2.64. The molecule has 6 heteroatoms. The molecule has 0 saturated carbocycles. The summed E-state index contributed by atoms with van der Waals surface area (Å²) < 4.78 is 28.0. The standard InChI is InChI=1S/C12H21F2N3O/c1-3-16-5-4-11(12(13,14)8-16)17-6-10(7-17)15-9(2)18/h10-11H,3-8H2,1-2H3,(H,15,18). The topological polar surface area (TPSA) is 35.6 Å². The summed E-state index contributed by atoms with van der Waals surface area (Å²) in [5.74, 6) is -2.73. The van der Waals surface area contributed by atoms with Gasteiger partial charge in [-0.1, -0.05) is 6.92 Å². The Morgan fingerprint density at radius 3 is 2.61 bits per heavy atom. The molecule has 1 N–H and O–H groups in total. The molecule has 0 bridgehead atoms. The minimum Gasteiger partial charge on any atom is -0.351 e. The molecule has 0 aromatic rings. The molecule has 1 atom stereocenters. The van der Waals surface area contributed by atoms with Gasteiger partial charge in [0.1, 0.15) is 0 Å². The van der Waals surface area contributed by atoms with Gasteiger partial charge in [-0.25, -0.2) is 8.78 Å². The average molecular weight is 261 g/mol. The fourth-order valence-electron chi connectivity index (χ4n) is 2.86. The molecule has 2 aliphatic rings. The first-order valence-electron chi connectivity index (χ1n) is 6.53. The number of nitrogens with one attached hydrogen (secondary N) is 1. The number of piperidine rings is 1. The second kappa shape index (κ2) is 5.09. The van der Waals surface area contributed by atoms with Crippen LogP contribution < -0.4 is 5.32 Å². The highest BCUT2D eigenvalue weighted by Gasteiger charge is 2.49. The SMILES string of the molecule is CCN1CCC(N2CC(NC(C)=O)C2)C(F)(F)C1. The van der Waals surface area contributed by atoms with Crippen molar-refractivity contribution in [3.05, 3.63) is 0 Å². The Kier molecular flexibility index (Phi) is 3.87. The van der Waals surface area contributed by atoms with E-state index in [0.29, 0.717) is 26.1 Å². The Hall–Kier alpha value is -0.750. The molecule has 4 nitrogen and oxygen atoms in total. The highest BCUT2D eigenvalue weighted by Crippen LogP contribution is 2.33. The summed E-state index contributed by atoms with van der Waals surface area (Å²) in [6, 6.07) is -0.618. The number of halogens is 2. The van der Waals surface area contributed by atoms with Crippen molar-refractivity contribution in [2.75, 3.05) is 32.7 Å². The number of likely N-dealkylation sites (tertiary alicyclic amines) is 2. The van der Waals surface area contributed by atoms with Crippen LogP contribution in [0.1, 0.15) is 20.3 Å². The number of carbonyl (C=O) groups is 1. The zero-order valence-corrected chi connectivity index (χ0v) is 11.0. The van der Waals surface area contributed by atoms with E-state index in [1.54, 1.807) is 9.80 Å². The lowest BCUT2D eigenvalue weighted by atomic mass is 9.94. The van der Waals surface area contributed by atoms with E-state index >= 15 is 0 Å². The van der Waals surface area contributed by atoms with Crippen molar-refractivity contribution >= 4 is 5.91 Å². The summed E-state index contributed by atoms with van der Waals surface area (Å²) in [5, 5.41) is 2.76. The molecule has 1 amide bonds. The molecule has 0 spiro atoms. The van der Waals surface area contributed by atoms with Crippen LogP contribution >= 0.6 is 0 Å². The average Bonchev–Trinajstić information content (AvgIpc) is 2.22. The first-order chi connectivity index (χ1) is 8.42. The van der Waals surface area contributed by atoms with Gasteiger partial charge >= 0.3 is 0 Å². The summed E-state index contributed by atoms with van der Waals surface area (Å²) in [7, 11) is 0. The zero-order valence-electron chi connectivity index (χ0n) is 11.0. The maximum absolute atomic E-state index is 14.0. The van der Waals surface area contributed by atoms with Gasteiger partial charge < -0.3 is 5.32 Å². The fraction of sp³-hybridized carbons (Fsp3) is 0.917. The van der Waals surface area contributed by atoms with Gasteiger partial charge in [0.2, 0.25) is 5.91 Å². The van der Waals surface area contributed by atoms with Crippen molar-refractivity contribution < 1.29 is 13.6 Å². The molecule has 2 saturated heterocycles. The highest BCUT2D eigenvalue weighted by molar-refractivity contribution is 5.73. The zero-order chi connectivity index (χ0) is 13.3. The summed E-state index contributed by atoms with van der Waals surface area (Å²) in [4.78, 5) is 14.4. The van der Waals surface area contributed by atoms with Gasteiger partial charge in [-0.15, -0.1) is 0 Å². The van der Waals surface area contributed by atoms with Crippen LogP contribution in [-0.4, -0.2) is 66.4 Å². The predicted octanol–water partition coefficient (Wildman–Crippen LogP) is 0.536. The third-order valence-corrected chi connectivity index (χ3v) is 3.85. The lowest BCUT2D eigenvalue weighted by Crippen LogP contribution is -2.68. The Morgan fingerprint density at radius 1 is 1.44 bits per heavy atom. The van der Waals surface area contributed by atoms with Crippen LogP contribution in [0.3, 0.4) is 0 Å². The highest BCUT2D eigenvalue weighted by atomic mass is 19.3. The first-order valence-corrected chi connectivity index (χ1v) is 6.53. The third kappa shape index (κ3) is 2.80. The fourth-order valence-corrected chi connectivity index (χ4v) is 2.86.